The number of rotatable bonds is 7. The summed E-state index contributed by atoms with van der Waals surface area (Å²) in [7, 11) is 0. The Morgan fingerprint density at radius 1 is 1.31 bits per heavy atom. The Kier molecular flexibility index (Phi) is 7.39. The van der Waals surface area contributed by atoms with Crippen LogP contribution in [-0.2, 0) is 9.53 Å². The summed E-state index contributed by atoms with van der Waals surface area (Å²) in [4.78, 5) is 11.3. The maximum Gasteiger partial charge on any atom is 0.222 e. The highest BCUT2D eigenvalue weighted by Gasteiger charge is 2.09. The zero-order chi connectivity index (χ0) is 12.6. The van der Waals surface area contributed by atoms with E-state index in [4.69, 9.17) is 4.74 Å². The predicted molar refractivity (Wildman–Crippen MR) is 67.1 cm³/mol. The van der Waals surface area contributed by atoms with Gasteiger partial charge in [0.1, 0.15) is 6.73 Å². The zero-order valence-electron chi connectivity index (χ0n) is 11.4. The van der Waals surface area contributed by atoms with Crippen LogP contribution in [-0.4, -0.2) is 19.2 Å². The van der Waals surface area contributed by atoms with E-state index in [1.807, 2.05) is 13.8 Å². The first-order chi connectivity index (χ1) is 7.31. The molecule has 0 aliphatic rings. The van der Waals surface area contributed by atoms with Crippen LogP contribution in [0.5, 0.6) is 0 Å². The molecule has 1 N–H and O–H groups in total. The number of amides is 1. The zero-order valence-corrected chi connectivity index (χ0v) is 11.4. The number of carbonyl (C=O) groups is 1. The van der Waals surface area contributed by atoms with Crippen molar-refractivity contribution in [1.82, 2.24) is 5.32 Å². The molecule has 0 aromatic heterocycles. The summed E-state index contributed by atoms with van der Waals surface area (Å²) in [5.74, 6) is 0.478. The van der Waals surface area contributed by atoms with Gasteiger partial charge < -0.3 is 10.1 Å². The van der Waals surface area contributed by atoms with Crippen molar-refractivity contribution >= 4 is 5.91 Å². The van der Waals surface area contributed by atoms with E-state index in [1.165, 1.54) is 0 Å². The number of ether oxygens (including phenoxy) is 1. The average Bonchev–Trinajstić information content (AvgIpc) is 2.07. The van der Waals surface area contributed by atoms with Crippen LogP contribution < -0.4 is 5.32 Å². The van der Waals surface area contributed by atoms with E-state index >= 15 is 0 Å². The normalized spacial score (nSPS) is 11.9. The Morgan fingerprint density at radius 2 is 1.94 bits per heavy atom. The number of carbonyl (C=O) groups excluding carboxylic acids is 1. The second kappa shape index (κ2) is 7.66. The van der Waals surface area contributed by atoms with Crippen molar-refractivity contribution < 1.29 is 9.53 Å². The van der Waals surface area contributed by atoms with Gasteiger partial charge in [0.05, 0.1) is 0 Å². The fourth-order valence-electron chi connectivity index (χ4n) is 1.35. The predicted octanol–water partition coefficient (Wildman–Crippen LogP) is 2.95. The van der Waals surface area contributed by atoms with Gasteiger partial charge in [-0.15, -0.1) is 0 Å². The lowest BCUT2D eigenvalue weighted by atomic mass is 9.91. The van der Waals surface area contributed by atoms with E-state index in [2.05, 4.69) is 26.1 Å². The molecule has 0 fully saturated rings. The van der Waals surface area contributed by atoms with Gasteiger partial charge in [0.15, 0.2) is 0 Å². The summed E-state index contributed by atoms with van der Waals surface area (Å²) >= 11 is 0. The van der Waals surface area contributed by atoms with Crippen molar-refractivity contribution in [3.05, 3.63) is 0 Å². The van der Waals surface area contributed by atoms with Crippen LogP contribution >= 0.6 is 0 Å². The van der Waals surface area contributed by atoms with Gasteiger partial charge in [-0.05, 0) is 24.2 Å². The minimum Gasteiger partial charge on any atom is -0.361 e. The molecule has 0 heterocycles. The highest BCUT2D eigenvalue weighted by molar-refractivity contribution is 5.75. The molecule has 16 heavy (non-hydrogen) atoms. The fourth-order valence-corrected chi connectivity index (χ4v) is 1.35. The van der Waals surface area contributed by atoms with E-state index in [-0.39, 0.29) is 5.91 Å². The molecule has 0 radical (unpaired) electrons. The molecule has 0 aromatic carbocycles. The van der Waals surface area contributed by atoms with E-state index in [1.54, 1.807) is 0 Å². The smallest absolute Gasteiger partial charge is 0.222 e. The highest BCUT2D eigenvalue weighted by atomic mass is 16.5. The van der Waals surface area contributed by atoms with Gasteiger partial charge in [-0.2, -0.15) is 0 Å². The number of hydrogen-bond acceptors (Lipinski definition) is 2. The van der Waals surface area contributed by atoms with Crippen LogP contribution in [0.4, 0.5) is 0 Å². The Bertz CT molecular complexity index is 195. The lowest BCUT2D eigenvalue weighted by molar-refractivity contribution is -0.123. The standard InChI is InChI=1S/C13H27NO2/c1-11(2)9-12(15)14-10-16-8-6-7-13(3,4)5/h11H,6-10H2,1-5H3,(H,14,15). The van der Waals surface area contributed by atoms with Crippen molar-refractivity contribution in [3.8, 4) is 0 Å². The van der Waals surface area contributed by atoms with Crippen LogP contribution in [0.15, 0.2) is 0 Å². The quantitative estimate of drug-likeness (QED) is 0.538. The molecule has 0 aliphatic carbocycles. The molecular weight excluding hydrogens is 202 g/mol. The van der Waals surface area contributed by atoms with Gasteiger partial charge in [0.2, 0.25) is 5.91 Å². The molecule has 96 valence electrons. The summed E-state index contributed by atoms with van der Waals surface area (Å²) in [6.45, 7) is 11.8. The molecule has 0 rings (SSSR count). The molecule has 0 aliphatic heterocycles. The molecule has 0 aromatic rings. The van der Waals surface area contributed by atoms with Gasteiger partial charge in [-0.3, -0.25) is 4.79 Å². The number of nitrogens with one attached hydrogen (secondary N) is 1. The maximum absolute atomic E-state index is 11.3. The Balaban J connectivity index is 3.31. The van der Waals surface area contributed by atoms with Crippen molar-refractivity contribution in [3.63, 3.8) is 0 Å². The number of hydrogen-bond donors (Lipinski definition) is 1. The van der Waals surface area contributed by atoms with Gasteiger partial charge in [-0.25, -0.2) is 0 Å². The first-order valence-electron chi connectivity index (χ1n) is 6.16. The van der Waals surface area contributed by atoms with E-state index < -0.39 is 0 Å². The summed E-state index contributed by atoms with van der Waals surface area (Å²) in [5, 5.41) is 2.75. The Morgan fingerprint density at radius 3 is 2.44 bits per heavy atom. The molecule has 0 bridgehead atoms. The molecule has 0 spiro atoms. The third-order valence-corrected chi connectivity index (χ3v) is 2.18. The first-order valence-corrected chi connectivity index (χ1v) is 6.16. The Labute approximate surface area is 99.9 Å². The summed E-state index contributed by atoms with van der Waals surface area (Å²) < 4.78 is 5.35. The van der Waals surface area contributed by atoms with Crippen molar-refractivity contribution in [2.24, 2.45) is 11.3 Å². The molecule has 0 saturated heterocycles. The van der Waals surface area contributed by atoms with E-state index in [0.29, 0.717) is 24.5 Å². The maximum atomic E-state index is 11.3. The van der Waals surface area contributed by atoms with Crippen molar-refractivity contribution in [2.75, 3.05) is 13.3 Å². The third kappa shape index (κ3) is 11.5. The first kappa shape index (κ1) is 15.4. The molecule has 0 saturated carbocycles. The van der Waals surface area contributed by atoms with Gasteiger partial charge in [0, 0.05) is 13.0 Å². The van der Waals surface area contributed by atoms with E-state index in [0.717, 1.165) is 19.4 Å². The molecular formula is C13H27NO2. The van der Waals surface area contributed by atoms with Gasteiger partial charge >= 0.3 is 0 Å². The molecule has 0 atom stereocenters. The molecule has 0 unspecified atom stereocenters. The lowest BCUT2D eigenvalue weighted by Crippen LogP contribution is -2.27. The van der Waals surface area contributed by atoms with Gasteiger partial charge in [0.25, 0.3) is 0 Å². The summed E-state index contributed by atoms with van der Waals surface area (Å²) in [5.41, 5.74) is 0.365. The lowest BCUT2D eigenvalue weighted by Gasteiger charge is -2.17. The Hall–Kier alpha value is -0.570. The van der Waals surface area contributed by atoms with E-state index in [9.17, 15) is 4.79 Å². The van der Waals surface area contributed by atoms with Crippen molar-refractivity contribution in [2.45, 2.75) is 53.9 Å². The molecule has 1 amide bonds. The van der Waals surface area contributed by atoms with Crippen LogP contribution in [0.1, 0.15) is 53.9 Å². The minimum absolute atomic E-state index is 0.0748. The van der Waals surface area contributed by atoms with Gasteiger partial charge in [-0.1, -0.05) is 34.6 Å². The second-order valence-electron chi connectivity index (χ2n) is 5.91. The van der Waals surface area contributed by atoms with Crippen LogP contribution in [0.3, 0.4) is 0 Å². The topological polar surface area (TPSA) is 38.3 Å². The monoisotopic (exact) mass is 229 g/mol. The fraction of sp³-hybridized carbons (Fsp3) is 0.923. The van der Waals surface area contributed by atoms with Crippen LogP contribution in [0.2, 0.25) is 0 Å². The highest BCUT2D eigenvalue weighted by Crippen LogP contribution is 2.20. The average molecular weight is 229 g/mol. The molecule has 3 heteroatoms. The third-order valence-electron chi connectivity index (χ3n) is 2.18. The minimum atomic E-state index is 0.0748. The molecule has 3 nitrogen and oxygen atoms in total. The summed E-state index contributed by atoms with van der Waals surface area (Å²) in [6.07, 6.45) is 2.77. The second-order valence-corrected chi connectivity index (χ2v) is 5.91. The SMILES string of the molecule is CC(C)CC(=O)NCOCCCC(C)(C)C. The van der Waals surface area contributed by atoms with Crippen LogP contribution in [0, 0.1) is 11.3 Å². The summed E-state index contributed by atoms with van der Waals surface area (Å²) in [6, 6.07) is 0. The van der Waals surface area contributed by atoms with Crippen LogP contribution in [0.25, 0.3) is 0 Å². The van der Waals surface area contributed by atoms with Crippen molar-refractivity contribution in [1.29, 1.82) is 0 Å². The largest absolute Gasteiger partial charge is 0.361 e.